The van der Waals surface area contributed by atoms with Gasteiger partial charge in [-0.1, -0.05) is 76.6 Å². The minimum Gasteiger partial charge on any atom is -0.493 e. The van der Waals surface area contributed by atoms with Crippen LogP contribution in [0.25, 0.3) is 10.8 Å². The van der Waals surface area contributed by atoms with Crippen LogP contribution in [0, 0.1) is 0 Å². The van der Waals surface area contributed by atoms with Crippen LogP contribution in [-0.2, 0) is 0 Å². The van der Waals surface area contributed by atoms with Crippen molar-refractivity contribution in [1.29, 1.82) is 0 Å². The summed E-state index contributed by atoms with van der Waals surface area (Å²) in [6.45, 7) is 5.90. The summed E-state index contributed by atoms with van der Waals surface area (Å²) in [5, 5.41) is 2.15. The van der Waals surface area contributed by atoms with Gasteiger partial charge in [-0.25, -0.2) is 0 Å². The van der Waals surface area contributed by atoms with E-state index in [1.165, 1.54) is 38.5 Å². The molecular weight excluding hydrogens is 324 g/mol. The Kier molecular flexibility index (Phi) is 9.16. The molecule has 26 heavy (non-hydrogen) atoms. The normalized spacial score (nSPS) is 10.9. The van der Waals surface area contributed by atoms with Crippen LogP contribution < -0.4 is 14.2 Å². The first-order chi connectivity index (χ1) is 12.8. The van der Waals surface area contributed by atoms with E-state index in [9.17, 15) is 0 Å². The molecule has 0 saturated carbocycles. The first-order valence-corrected chi connectivity index (χ1v) is 10.2. The lowest BCUT2D eigenvalue weighted by Gasteiger charge is -2.17. The van der Waals surface area contributed by atoms with Crippen molar-refractivity contribution in [3.63, 3.8) is 0 Å². The highest BCUT2D eigenvalue weighted by Gasteiger charge is 2.15. The molecule has 0 unspecified atom stereocenters. The number of unbranched alkanes of at least 4 members (excludes halogenated alkanes) is 6. The van der Waals surface area contributed by atoms with Crippen molar-refractivity contribution >= 4 is 10.8 Å². The van der Waals surface area contributed by atoms with Gasteiger partial charge in [-0.15, -0.1) is 0 Å². The van der Waals surface area contributed by atoms with Crippen molar-refractivity contribution < 1.29 is 14.2 Å². The van der Waals surface area contributed by atoms with Gasteiger partial charge in [0.2, 0.25) is 0 Å². The van der Waals surface area contributed by atoms with Crippen LogP contribution in [0.15, 0.2) is 30.3 Å². The van der Waals surface area contributed by atoms with E-state index in [2.05, 4.69) is 26.0 Å². The molecule has 0 fully saturated rings. The Balaban J connectivity index is 2.14. The zero-order valence-corrected chi connectivity index (χ0v) is 16.7. The standard InChI is InChI=1S/C23H34O3/c1-4-6-8-12-16-25-21-18-22(24-3)23(26-17-13-9-7-5-2)20-15-11-10-14-19(20)21/h10-11,14-15,18H,4-9,12-13,16-17H2,1-3H3. The SMILES string of the molecule is CCCCCCOc1cc(OC)c(OCCCCCC)c2ccccc12. The summed E-state index contributed by atoms with van der Waals surface area (Å²) in [6.07, 6.45) is 9.56. The van der Waals surface area contributed by atoms with Gasteiger partial charge in [0.15, 0.2) is 11.5 Å². The van der Waals surface area contributed by atoms with E-state index in [1.54, 1.807) is 7.11 Å². The van der Waals surface area contributed by atoms with Gasteiger partial charge in [0.05, 0.1) is 20.3 Å². The lowest BCUT2D eigenvalue weighted by molar-refractivity contribution is 0.283. The predicted molar refractivity (Wildman–Crippen MR) is 110 cm³/mol. The summed E-state index contributed by atoms with van der Waals surface area (Å²) in [7, 11) is 1.69. The summed E-state index contributed by atoms with van der Waals surface area (Å²) in [6, 6.07) is 10.2. The van der Waals surface area contributed by atoms with Crippen molar-refractivity contribution in [1.82, 2.24) is 0 Å². The highest BCUT2D eigenvalue weighted by atomic mass is 16.5. The molecular formula is C23H34O3. The van der Waals surface area contributed by atoms with Crippen LogP contribution in [0.1, 0.15) is 65.2 Å². The predicted octanol–water partition coefficient (Wildman–Crippen LogP) is 6.77. The fourth-order valence-electron chi connectivity index (χ4n) is 3.13. The number of ether oxygens (including phenoxy) is 3. The maximum atomic E-state index is 6.12. The summed E-state index contributed by atoms with van der Waals surface area (Å²) < 4.78 is 17.8. The van der Waals surface area contributed by atoms with E-state index in [-0.39, 0.29) is 0 Å². The molecule has 0 aliphatic heterocycles. The molecule has 0 heterocycles. The Morgan fingerprint density at radius 1 is 0.692 bits per heavy atom. The zero-order valence-electron chi connectivity index (χ0n) is 16.7. The number of hydrogen-bond acceptors (Lipinski definition) is 3. The lowest BCUT2D eigenvalue weighted by Crippen LogP contribution is -2.03. The van der Waals surface area contributed by atoms with Crippen molar-refractivity contribution in [3.8, 4) is 17.2 Å². The zero-order chi connectivity index (χ0) is 18.6. The molecule has 0 spiro atoms. The van der Waals surface area contributed by atoms with Gasteiger partial charge in [-0.3, -0.25) is 0 Å². The van der Waals surface area contributed by atoms with Gasteiger partial charge >= 0.3 is 0 Å². The van der Waals surface area contributed by atoms with Crippen molar-refractivity contribution in [3.05, 3.63) is 30.3 Å². The molecule has 0 N–H and O–H groups in total. The van der Waals surface area contributed by atoms with Crippen LogP contribution in [0.5, 0.6) is 17.2 Å². The maximum absolute atomic E-state index is 6.12. The Morgan fingerprint density at radius 3 is 1.92 bits per heavy atom. The van der Waals surface area contributed by atoms with Gasteiger partial charge in [0.1, 0.15) is 5.75 Å². The summed E-state index contributed by atoms with van der Waals surface area (Å²) >= 11 is 0. The maximum Gasteiger partial charge on any atom is 0.169 e. The number of fused-ring (bicyclic) bond motifs is 1. The number of benzene rings is 2. The molecule has 2 aromatic carbocycles. The van der Waals surface area contributed by atoms with E-state index >= 15 is 0 Å². The second-order valence-electron chi connectivity index (χ2n) is 6.77. The van der Waals surface area contributed by atoms with Crippen LogP contribution in [0.2, 0.25) is 0 Å². The summed E-state index contributed by atoms with van der Waals surface area (Å²) in [5.74, 6) is 2.47. The topological polar surface area (TPSA) is 27.7 Å². The number of hydrogen-bond donors (Lipinski definition) is 0. The first kappa shape index (κ1) is 20.4. The molecule has 0 bridgehead atoms. The Bertz CT molecular complexity index is 651. The van der Waals surface area contributed by atoms with E-state index in [0.29, 0.717) is 0 Å². The average Bonchev–Trinajstić information content (AvgIpc) is 2.68. The Hall–Kier alpha value is -1.90. The third-order valence-corrected chi connectivity index (χ3v) is 4.64. The van der Waals surface area contributed by atoms with Crippen molar-refractivity contribution in [2.24, 2.45) is 0 Å². The monoisotopic (exact) mass is 358 g/mol. The van der Waals surface area contributed by atoms with Gasteiger partial charge in [0, 0.05) is 16.8 Å². The van der Waals surface area contributed by atoms with Gasteiger partial charge < -0.3 is 14.2 Å². The minimum atomic E-state index is 0.720. The van der Waals surface area contributed by atoms with Crippen LogP contribution in [0.4, 0.5) is 0 Å². The quantitative estimate of drug-likeness (QED) is 0.370. The minimum absolute atomic E-state index is 0.720. The molecule has 3 nitrogen and oxygen atoms in total. The molecule has 2 rings (SSSR count). The molecule has 3 heteroatoms. The second-order valence-corrected chi connectivity index (χ2v) is 6.77. The smallest absolute Gasteiger partial charge is 0.169 e. The van der Waals surface area contributed by atoms with Crippen molar-refractivity contribution in [2.45, 2.75) is 65.2 Å². The lowest BCUT2D eigenvalue weighted by atomic mass is 10.1. The third-order valence-electron chi connectivity index (χ3n) is 4.64. The highest BCUT2D eigenvalue weighted by Crippen LogP contribution is 2.41. The van der Waals surface area contributed by atoms with Crippen LogP contribution in [-0.4, -0.2) is 20.3 Å². The fraction of sp³-hybridized carbons (Fsp3) is 0.565. The molecule has 0 aliphatic carbocycles. The van der Waals surface area contributed by atoms with Gasteiger partial charge in [-0.2, -0.15) is 0 Å². The molecule has 0 aliphatic rings. The van der Waals surface area contributed by atoms with Crippen LogP contribution in [0.3, 0.4) is 0 Å². The third kappa shape index (κ3) is 5.82. The second kappa shape index (κ2) is 11.7. The van der Waals surface area contributed by atoms with Gasteiger partial charge in [0.25, 0.3) is 0 Å². The summed E-state index contributed by atoms with van der Waals surface area (Å²) in [4.78, 5) is 0. The largest absolute Gasteiger partial charge is 0.493 e. The molecule has 0 atom stereocenters. The Labute approximate surface area is 158 Å². The van der Waals surface area contributed by atoms with E-state index in [0.717, 1.165) is 54.1 Å². The van der Waals surface area contributed by atoms with E-state index in [4.69, 9.17) is 14.2 Å². The van der Waals surface area contributed by atoms with Crippen LogP contribution >= 0.6 is 0 Å². The molecule has 144 valence electrons. The number of rotatable bonds is 13. The first-order valence-electron chi connectivity index (χ1n) is 10.2. The fourth-order valence-corrected chi connectivity index (χ4v) is 3.13. The summed E-state index contributed by atoms with van der Waals surface area (Å²) in [5.41, 5.74) is 0. The molecule has 0 aromatic heterocycles. The molecule has 0 saturated heterocycles. The average molecular weight is 359 g/mol. The molecule has 0 amide bonds. The molecule has 0 radical (unpaired) electrons. The van der Waals surface area contributed by atoms with E-state index in [1.807, 2.05) is 18.2 Å². The Morgan fingerprint density at radius 2 is 1.31 bits per heavy atom. The van der Waals surface area contributed by atoms with E-state index < -0.39 is 0 Å². The molecule has 2 aromatic rings. The highest BCUT2D eigenvalue weighted by molar-refractivity contribution is 5.95. The van der Waals surface area contributed by atoms with Crippen molar-refractivity contribution in [2.75, 3.05) is 20.3 Å². The van der Waals surface area contributed by atoms with Gasteiger partial charge in [-0.05, 0) is 12.8 Å². The number of methoxy groups -OCH3 is 1.